The summed E-state index contributed by atoms with van der Waals surface area (Å²) in [6.07, 6.45) is 0. The van der Waals surface area contributed by atoms with Gasteiger partial charge >= 0.3 is 0 Å². The largest absolute Gasteiger partial charge is 0.494 e. The van der Waals surface area contributed by atoms with E-state index in [0.717, 1.165) is 16.7 Å². The molecule has 3 aromatic rings. The van der Waals surface area contributed by atoms with Crippen molar-refractivity contribution in [2.24, 2.45) is 5.73 Å². The number of hydrogen-bond donors (Lipinski definition) is 2. The monoisotopic (exact) mass is 389 g/mol. The molecule has 2 aromatic carbocycles. The van der Waals surface area contributed by atoms with Gasteiger partial charge in [0.05, 0.1) is 12.2 Å². The zero-order valence-corrected chi connectivity index (χ0v) is 16.6. The number of fused-ring (bicyclic) bond motifs is 1. The second-order valence-electron chi connectivity index (χ2n) is 6.97. The number of nitrogens with zero attached hydrogens (tertiary/aromatic N) is 3. The number of carbonyl (C=O) groups excluding carboxylic acids is 1. The number of benzene rings is 2. The van der Waals surface area contributed by atoms with Gasteiger partial charge < -0.3 is 15.8 Å². The van der Waals surface area contributed by atoms with Crippen LogP contribution in [0.4, 0.5) is 5.95 Å². The third-order valence-corrected chi connectivity index (χ3v) is 4.94. The number of aryl methyl sites for hydroxylation is 1. The van der Waals surface area contributed by atoms with E-state index >= 15 is 0 Å². The molecule has 0 saturated carbocycles. The lowest BCUT2D eigenvalue weighted by Gasteiger charge is -2.28. The van der Waals surface area contributed by atoms with E-state index in [-0.39, 0.29) is 0 Å². The second kappa shape index (κ2) is 7.43. The predicted molar refractivity (Wildman–Crippen MR) is 111 cm³/mol. The molecule has 1 amide bonds. The molecule has 0 saturated heterocycles. The Morgan fingerprint density at radius 1 is 1.17 bits per heavy atom. The van der Waals surface area contributed by atoms with Crippen molar-refractivity contribution in [1.29, 1.82) is 0 Å². The highest BCUT2D eigenvalue weighted by atomic mass is 16.5. The standard InChI is InChI=1S/C22H23N5O2/c1-4-29-17-8-6-5-7-16(17)19-18(20(23)28)14(3)24-22-25-21(26-27(19)22)15-11-9-13(2)10-12-15/h5-12,19H,4H2,1-3H3,(H2,23,28)(H,24,25,26)/t19-/m1/s1. The molecule has 0 radical (unpaired) electrons. The zero-order valence-electron chi connectivity index (χ0n) is 16.6. The highest BCUT2D eigenvalue weighted by molar-refractivity contribution is 5.95. The number of aromatic nitrogens is 3. The first kappa shape index (κ1) is 18.7. The van der Waals surface area contributed by atoms with Crippen LogP contribution in [0.1, 0.15) is 31.0 Å². The van der Waals surface area contributed by atoms with E-state index in [9.17, 15) is 4.79 Å². The smallest absolute Gasteiger partial charge is 0.248 e. The molecule has 1 aliphatic heterocycles. The van der Waals surface area contributed by atoms with Crippen LogP contribution in [0, 0.1) is 6.92 Å². The molecule has 1 aliphatic rings. The summed E-state index contributed by atoms with van der Waals surface area (Å²) in [4.78, 5) is 17.0. The van der Waals surface area contributed by atoms with E-state index in [1.54, 1.807) is 4.68 Å². The van der Waals surface area contributed by atoms with Gasteiger partial charge in [0.15, 0.2) is 5.82 Å². The number of carbonyl (C=O) groups is 1. The number of anilines is 1. The van der Waals surface area contributed by atoms with Crippen LogP contribution in [0.25, 0.3) is 11.4 Å². The normalized spacial score (nSPS) is 15.6. The Balaban J connectivity index is 1.89. The molecule has 0 aliphatic carbocycles. The van der Waals surface area contributed by atoms with Gasteiger partial charge in [0.1, 0.15) is 11.8 Å². The van der Waals surface area contributed by atoms with Gasteiger partial charge in [-0.15, -0.1) is 5.10 Å². The Bertz CT molecular complexity index is 1100. The Hall–Kier alpha value is -3.61. The first-order valence-electron chi connectivity index (χ1n) is 9.52. The summed E-state index contributed by atoms with van der Waals surface area (Å²) >= 11 is 0. The Morgan fingerprint density at radius 2 is 1.90 bits per heavy atom. The summed E-state index contributed by atoms with van der Waals surface area (Å²) < 4.78 is 7.53. The SMILES string of the molecule is CCOc1ccccc1[C@@H]1C(C(N)=O)=C(C)Nc2nc(-c3ccc(C)cc3)nn21. The molecule has 4 rings (SSSR count). The summed E-state index contributed by atoms with van der Waals surface area (Å²) in [5, 5.41) is 7.89. The van der Waals surface area contributed by atoms with Crippen molar-refractivity contribution in [2.45, 2.75) is 26.8 Å². The number of para-hydroxylation sites is 1. The average Bonchev–Trinajstić information content (AvgIpc) is 3.11. The van der Waals surface area contributed by atoms with Crippen molar-refractivity contribution in [2.75, 3.05) is 11.9 Å². The molecule has 1 atom stereocenters. The highest BCUT2D eigenvalue weighted by Gasteiger charge is 2.35. The summed E-state index contributed by atoms with van der Waals surface area (Å²) in [5.41, 5.74) is 9.72. The number of rotatable bonds is 5. The third-order valence-electron chi connectivity index (χ3n) is 4.94. The van der Waals surface area contributed by atoms with Crippen LogP contribution in [0.5, 0.6) is 5.75 Å². The Kier molecular flexibility index (Phi) is 4.80. The van der Waals surface area contributed by atoms with Crippen LogP contribution in [0.2, 0.25) is 0 Å². The minimum Gasteiger partial charge on any atom is -0.494 e. The summed E-state index contributed by atoms with van der Waals surface area (Å²) in [7, 11) is 0. The van der Waals surface area contributed by atoms with E-state index < -0.39 is 11.9 Å². The second-order valence-corrected chi connectivity index (χ2v) is 6.97. The number of primary amides is 1. The predicted octanol–water partition coefficient (Wildman–Crippen LogP) is 3.43. The molecule has 7 heteroatoms. The number of nitrogens with two attached hydrogens (primary N) is 1. The zero-order chi connectivity index (χ0) is 20.5. The fourth-order valence-corrected chi connectivity index (χ4v) is 3.58. The molecule has 3 N–H and O–H groups in total. The maximum absolute atomic E-state index is 12.4. The van der Waals surface area contributed by atoms with E-state index in [2.05, 4.69) is 10.3 Å². The lowest BCUT2D eigenvalue weighted by atomic mass is 9.94. The number of allylic oxidation sites excluding steroid dienone is 1. The first-order chi connectivity index (χ1) is 14.0. The van der Waals surface area contributed by atoms with Crippen molar-refractivity contribution in [1.82, 2.24) is 14.8 Å². The van der Waals surface area contributed by atoms with Gasteiger partial charge in [0.25, 0.3) is 0 Å². The van der Waals surface area contributed by atoms with E-state index in [4.69, 9.17) is 15.6 Å². The molecule has 7 nitrogen and oxygen atoms in total. The van der Waals surface area contributed by atoms with Crippen LogP contribution in [-0.4, -0.2) is 27.3 Å². The van der Waals surface area contributed by atoms with Gasteiger partial charge in [0, 0.05) is 16.8 Å². The molecule has 148 valence electrons. The van der Waals surface area contributed by atoms with Gasteiger partial charge in [-0.3, -0.25) is 4.79 Å². The van der Waals surface area contributed by atoms with Crippen LogP contribution in [-0.2, 0) is 4.79 Å². The molecule has 0 unspecified atom stereocenters. The number of ether oxygens (including phenoxy) is 1. The number of hydrogen-bond acceptors (Lipinski definition) is 5. The molecular weight excluding hydrogens is 366 g/mol. The van der Waals surface area contributed by atoms with Crippen molar-refractivity contribution in [3.05, 3.63) is 70.9 Å². The Labute approximate surface area is 169 Å². The molecule has 0 bridgehead atoms. The van der Waals surface area contributed by atoms with Gasteiger partial charge in [-0.05, 0) is 26.8 Å². The van der Waals surface area contributed by atoms with Crippen molar-refractivity contribution in [3.63, 3.8) is 0 Å². The van der Waals surface area contributed by atoms with Gasteiger partial charge in [-0.1, -0.05) is 48.0 Å². The van der Waals surface area contributed by atoms with E-state index in [1.807, 2.05) is 69.3 Å². The topological polar surface area (TPSA) is 95.1 Å². The van der Waals surface area contributed by atoms with Gasteiger partial charge in [0.2, 0.25) is 11.9 Å². The lowest BCUT2D eigenvalue weighted by Crippen LogP contribution is -2.32. The van der Waals surface area contributed by atoms with Crippen molar-refractivity contribution >= 4 is 11.9 Å². The number of amides is 1. The van der Waals surface area contributed by atoms with Crippen molar-refractivity contribution < 1.29 is 9.53 Å². The van der Waals surface area contributed by atoms with Gasteiger partial charge in [-0.2, -0.15) is 4.98 Å². The fraction of sp³-hybridized carbons (Fsp3) is 0.227. The molecule has 0 spiro atoms. The van der Waals surface area contributed by atoms with E-state index in [1.165, 1.54) is 0 Å². The quantitative estimate of drug-likeness (QED) is 0.697. The summed E-state index contributed by atoms with van der Waals surface area (Å²) in [6.45, 7) is 6.28. The maximum atomic E-state index is 12.4. The fourth-order valence-electron chi connectivity index (χ4n) is 3.58. The summed E-state index contributed by atoms with van der Waals surface area (Å²) in [6, 6.07) is 15.1. The minimum absolute atomic E-state index is 0.435. The van der Waals surface area contributed by atoms with Crippen LogP contribution >= 0.6 is 0 Å². The van der Waals surface area contributed by atoms with Crippen LogP contribution in [0.3, 0.4) is 0 Å². The molecule has 0 fully saturated rings. The maximum Gasteiger partial charge on any atom is 0.248 e. The van der Waals surface area contributed by atoms with Crippen molar-refractivity contribution in [3.8, 4) is 17.1 Å². The van der Waals surface area contributed by atoms with E-state index in [0.29, 0.717) is 35.4 Å². The summed E-state index contributed by atoms with van der Waals surface area (Å²) in [5.74, 6) is 1.31. The number of nitrogens with one attached hydrogen (secondary N) is 1. The highest BCUT2D eigenvalue weighted by Crippen LogP contribution is 2.39. The molecule has 1 aromatic heterocycles. The van der Waals surface area contributed by atoms with Crippen LogP contribution in [0.15, 0.2) is 59.8 Å². The lowest BCUT2D eigenvalue weighted by molar-refractivity contribution is -0.115. The molecule has 2 heterocycles. The third kappa shape index (κ3) is 3.35. The Morgan fingerprint density at radius 3 is 2.59 bits per heavy atom. The van der Waals surface area contributed by atoms with Gasteiger partial charge in [-0.25, -0.2) is 4.68 Å². The molecular formula is C22H23N5O2. The minimum atomic E-state index is -0.529. The molecule has 29 heavy (non-hydrogen) atoms. The first-order valence-corrected chi connectivity index (χ1v) is 9.52. The average molecular weight is 389 g/mol. The van der Waals surface area contributed by atoms with Crippen LogP contribution < -0.4 is 15.8 Å².